The SMILES string of the molecule is Cc1[nH]ncc1C(=O)Nc1cccnn1. The molecule has 2 N–H and O–H groups in total. The van der Waals surface area contributed by atoms with Gasteiger partial charge in [0.25, 0.3) is 5.91 Å². The number of aryl methyl sites for hydroxylation is 1. The highest BCUT2D eigenvalue weighted by atomic mass is 16.1. The van der Waals surface area contributed by atoms with Crippen molar-refractivity contribution in [2.75, 3.05) is 5.32 Å². The predicted molar refractivity (Wildman–Crippen MR) is 53.3 cm³/mol. The third-order valence-electron chi connectivity index (χ3n) is 1.89. The summed E-state index contributed by atoms with van der Waals surface area (Å²) in [7, 11) is 0. The second kappa shape index (κ2) is 3.87. The Morgan fingerprint density at radius 3 is 3.00 bits per heavy atom. The predicted octanol–water partition coefficient (Wildman–Crippen LogP) is 0.760. The summed E-state index contributed by atoms with van der Waals surface area (Å²) >= 11 is 0. The van der Waals surface area contributed by atoms with Crippen molar-refractivity contribution in [2.24, 2.45) is 0 Å². The lowest BCUT2D eigenvalue weighted by Crippen LogP contribution is -2.13. The summed E-state index contributed by atoms with van der Waals surface area (Å²) in [6.45, 7) is 1.78. The van der Waals surface area contributed by atoms with Crippen molar-refractivity contribution in [2.45, 2.75) is 6.92 Å². The van der Waals surface area contributed by atoms with Crippen molar-refractivity contribution >= 4 is 11.7 Å². The molecule has 0 saturated carbocycles. The number of anilines is 1. The number of amides is 1. The van der Waals surface area contributed by atoms with E-state index in [0.717, 1.165) is 5.69 Å². The molecule has 0 aliphatic heterocycles. The van der Waals surface area contributed by atoms with Crippen molar-refractivity contribution in [3.8, 4) is 0 Å². The number of aromatic amines is 1. The van der Waals surface area contributed by atoms with E-state index < -0.39 is 0 Å². The van der Waals surface area contributed by atoms with Gasteiger partial charge in [0.15, 0.2) is 5.82 Å². The molecule has 0 fully saturated rings. The van der Waals surface area contributed by atoms with Crippen LogP contribution in [-0.2, 0) is 0 Å². The Bertz CT molecular complexity index is 464. The molecule has 15 heavy (non-hydrogen) atoms. The van der Waals surface area contributed by atoms with E-state index in [9.17, 15) is 4.79 Å². The van der Waals surface area contributed by atoms with E-state index in [0.29, 0.717) is 11.4 Å². The molecular formula is C9H9N5O. The van der Waals surface area contributed by atoms with Crippen LogP contribution in [0.5, 0.6) is 0 Å². The molecule has 2 rings (SSSR count). The van der Waals surface area contributed by atoms with Gasteiger partial charge < -0.3 is 5.32 Å². The van der Waals surface area contributed by atoms with E-state index in [1.54, 1.807) is 25.3 Å². The van der Waals surface area contributed by atoms with Gasteiger partial charge in [-0.05, 0) is 19.1 Å². The number of nitrogens with one attached hydrogen (secondary N) is 2. The number of carbonyl (C=O) groups excluding carboxylic acids is 1. The summed E-state index contributed by atoms with van der Waals surface area (Å²) in [6, 6.07) is 3.37. The number of hydrogen-bond donors (Lipinski definition) is 2. The summed E-state index contributed by atoms with van der Waals surface area (Å²) in [4.78, 5) is 11.7. The number of carbonyl (C=O) groups is 1. The quantitative estimate of drug-likeness (QED) is 0.754. The summed E-state index contributed by atoms with van der Waals surface area (Å²) in [5, 5.41) is 16.5. The molecule has 2 aromatic heterocycles. The lowest BCUT2D eigenvalue weighted by atomic mass is 10.2. The van der Waals surface area contributed by atoms with Gasteiger partial charge in [0.2, 0.25) is 0 Å². The molecule has 0 bridgehead atoms. The number of aromatic nitrogens is 4. The largest absolute Gasteiger partial charge is 0.305 e. The van der Waals surface area contributed by atoms with Crippen molar-refractivity contribution in [1.82, 2.24) is 20.4 Å². The van der Waals surface area contributed by atoms with Crippen LogP contribution in [0.2, 0.25) is 0 Å². The second-order valence-electron chi connectivity index (χ2n) is 2.97. The maximum absolute atomic E-state index is 11.7. The van der Waals surface area contributed by atoms with Crippen LogP contribution >= 0.6 is 0 Å². The molecule has 0 unspecified atom stereocenters. The third kappa shape index (κ3) is 1.98. The highest BCUT2D eigenvalue weighted by Crippen LogP contribution is 2.06. The molecule has 1 amide bonds. The molecule has 0 aromatic carbocycles. The van der Waals surface area contributed by atoms with Gasteiger partial charge in [-0.15, -0.1) is 5.10 Å². The Labute approximate surface area is 85.7 Å². The maximum atomic E-state index is 11.7. The van der Waals surface area contributed by atoms with Gasteiger partial charge in [0.1, 0.15) is 0 Å². The fourth-order valence-corrected chi connectivity index (χ4v) is 1.13. The van der Waals surface area contributed by atoms with E-state index in [2.05, 4.69) is 25.7 Å². The smallest absolute Gasteiger partial charge is 0.260 e. The number of nitrogens with zero attached hydrogens (tertiary/aromatic N) is 3. The summed E-state index contributed by atoms with van der Waals surface area (Å²) < 4.78 is 0. The number of hydrogen-bond acceptors (Lipinski definition) is 4. The van der Waals surface area contributed by atoms with Gasteiger partial charge >= 0.3 is 0 Å². The number of rotatable bonds is 2. The van der Waals surface area contributed by atoms with E-state index >= 15 is 0 Å². The summed E-state index contributed by atoms with van der Waals surface area (Å²) in [5.41, 5.74) is 1.22. The van der Waals surface area contributed by atoms with Crippen molar-refractivity contribution in [3.63, 3.8) is 0 Å². The molecule has 2 aromatic rings. The van der Waals surface area contributed by atoms with Crippen molar-refractivity contribution in [1.29, 1.82) is 0 Å². The van der Waals surface area contributed by atoms with E-state index in [1.807, 2.05) is 0 Å². The Hall–Kier alpha value is -2.24. The monoisotopic (exact) mass is 203 g/mol. The fraction of sp³-hybridized carbons (Fsp3) is 0.111. The summed E-state index contributed by atoms with van der Waals surface area (Å²) in [6.07, 6.45) is 3.01. The van der Waals surface area contributed by atoms with Gasteiger partial charge in [-0.3, -0.25) is 9.89 Å². The normalized spacial score (nSPS) is 9.93. The molecule has 0 radical (unpaired) electrons. The first-order valence-electron chi connectivity index (χ1n) is 4.36. The van der Waals surface area contributed by atoms with Gasteiger partial charge in [0, 0.05) is 11.9 Å². The zero-order chi connectivity index (χ0) is 10.7. The van der Waals surface area contributed by atoms with Crippen LogP contribution in [0, 0.1) is 6.92 Å². The molecule has 0 spiro atoms. The lowest BCUT2D eigenvalue weighted by Gasteiger charge is -2.01. The van der Waals surface area contributed by atoms with Crippen LogP contribution in [0.1, 0.15) is 16.1 Å². The van der Waals surface area contributed by atoms with Crippen molar-refractivity contribution in [3.05, 3.63) is 35.8 Å². The van der Waals surface area contributed by atoms with Gasteiger partial charge in [0.05, 0.1) is 11.8 Å². The minimum Gasteiger partial charge on any atom is -0.305 e. The van der Waals surface area contributed by atoms with Crippen LogP contribution in [0.25, 0.3) is 0 Å². The Morgan fingerprint density at radius 2 is 2.40 bits per heavy atom. The minimum absolute atomic E-state index is 0.248. The van der Waals surface area contributed by atoms with Crippen LogP contribution in [0.3, 0.4) is 0 Å². The molecule has 6 nitrogen and oxygen atoms in total. The molecule has 0 aliphatic carbocycles. The third-order valence-corrected chi connectivity index (χ3v) is 1.89. The molecular weight excluding hydrogens is 194 g/mol. The molecule has 6 heteroatoms. The fourth-order valence-electron chi connectivity index (χ4n) is 1.13. The second-order valence-corrected chi connectivity index (χ2v) is 2.97. The maximum Gasteiger partial charge on any atom is 0.260 e. The Kier molecular flexibility index (Phi) is 2.40. The highest BCUT2D eigenvalue weighted by Gasteiger charge is 2.10. The molecule has 76 valence electrons. The first kappa shape index (κ1) is 9.32. The van der Waals surface area contributed by atoms with E-state index in [4.69, 9.17) is 0 Å². The standard InChI is InChI=1S/C9H9N5O/c1-6-7(5-11-13-6)9(15)12-8-3-2-4-10-14-8/h2-5H,1H3,(H,11,13)(H,12,14,15). The Morgan fingerprint density at radius 1 is 1.53 bits per heavy atom. The van der Waals surface area contributed by atoms with E-state index in [-0.39, 0.29) is 5.91 Å². The zero-order valence-electron chi connectivity index (χ0n) is 8.06. The Balaban J connectivity index is 2.15. The average Bonchev–Trinajstić information content (AvgIpc) is 2.66. The molecule has 0 saturated heterocycles. The number of H-pyrrole nitrogens is 1. The van der Waals surface area contributed by atoms with Gasteiger partial charge in [-0.25, -0.2) is 0 Å². The van der Waals surface area contributed by atoms with Crippen LogP contribution < -0.4 is 5.32 Å². The topological polar surface area (TPSA) is 83.6 Å². The lowest BCUT2D eigenvalue weighted by molar-refractivity contribution is 0.102. The van der Waals surface area contributed by atoms with Gasteiger partial charge in [-0.2, -0.15) is 10.2 Å². The first-order valence-corrected chi connectivity index (χ1v) is 4.36. The average molecular weight is 203 g/mol. The molecule has 0 aliphatic rings. The molecule has 0 atom stereocenters. The molecule has 2 heterocycles. The summed E-state index contributed by atoms with van der Waals surface area (Å²) in [5.74, 6) is 0.171. The first-order chi connectivity index (χ1) is 7.27. The highest BCUT2D eigenvalue weighted by molar-refractivity contribution is 6.04. The van der Waals surface area contributed by atoms with E-state index in [1.165, 1.54) is 6.20 Å². The van der Waals surface area contributed by atoms with Gasteiger partial charge in [-0.1, -0.05) is 0 Å². The van der Waals surface area contributed by atoms with Crippen LogP contribution in [0.15, 0.2) is 24.5 Å². The minimum atomic E-state index is -0.248. The van der Waals surface area contributed by atoms with Crippen molar-refractivity contribution < 1.29 is 4.79 Å². The van der Waals surface area contributed by atoms with Crippen LogP contribution in [-0.4, -0.2) is 26.3 Å². The van der Waals surface area contributed by atoms with Crippen LogP contribution in [0.4, 0.5) is 5.82 Å². The zero-order valence-corrected chi connectivity index (χ0v) is 8.06.